The van der Waals surface area contributed by atoms with Gasteiger partial charge < -0.3 is 5.32 Å². The second-order valence-corrected chi connectivity index (χ2v) is 4.46. The van der Waals surface area contributed by atoms with E-state index in [1.165, 1.54) is 6.07 Å². The Labute approximate surface area is 95.8 Å². The zero-order chi connectivity index (χ0) is 11.8. The number of aromatic nitrogens is 1. The van der Waals surface area contributed by atoms with Crippen LogP contribution in [0, 0.1) is 0 Å². The Kier molecular flexibility index (Phi) is 2.97. The predicted molar refractivity (Wildman–Crippen MR) is 55.5 cm³/mol. The van der Waals surface area contributed by atoms with Crippen molar-refractivity contribution in [1.29, 1.82) is 0 Å². The quantitative estimate of drug-likeness (QED) is 0.815. The van der Waals surface area contributed by atoms with Gasteiger partial charge in [0.1, 0.15) is 5.82 Å². The topological polar surface area (TPSA) is 24.9 Å². The maximum atomic E-state index is 12.2. The number of hydrogen-bond acceptors (Lipinski definition) is 2. The second-order valence-electron chi connectivity index (χ2n) is 3.84. The molecular formula is C10H10ClF3N2. The van der Waals surface area contributed by atoms with Crippen molar-refractivity contribution in [1.82, 2.24) is 4.98 Å². The third-order valence-electron chi connectivity index (χ3n) is 2.52. The zero-order valence-electron chi connectivity index (χ0n) is 8.26. The monoisotopic (exact) mass is 250 g/mol. The van der Waals surface area contributed by atoms with Gasteiger partial charge in [0.15, 0.2) is 0 Å². The maximum Gasteiger partial charge on any atom is 0.417 e. The summed E-state index contributed by atoms with van der Waals surface area (Å²) in [6, 6.07) is 2.59. The number of halogens is 4. The number of alkyl halides is 4. The Balaban J connectivity index is 1.97. The number of nitrogens with zero attached hydrogens (tertiary/aromatic N) is 1. The molecule has 1 saturated carbocycles. The molecule has 6 heteroatoms. The molecule has 0 bridgehead atoms. The van der Waals surface area contributed by atoms with Gasteiger partial charge in [0.05, 0.1) is 5.56 Å². The fourth-order valence-electron chi connectivity index (χ4n) is 1.52. The van der Waals surface area contributed by atoms with Gasteiger partial charge in [0.25, 0.3) is 0 Å². The van der Waals surface area contributed by atoms with E-state index < -0.39 is 11.7 Å². The van der Waals surface area contributed by atoms with Crippen molar-refractivity contribution < 1.29 is 13.2 Å². The van der Waals surface area contributed by atoms with Crippen molar-refractivity contribution in [2.75, 3.05) is 5.32 Å². The number of pyridine rings is 1. The van der Waals surface area contributed by atoms with E-state index in [1.54, 1.807) is 0 Å². The summed E-state index contributed by atoms with van der Waals surface area (Å²) in [5, 5.41) is 3.20. The molecule has 0 spiro atoms. The summed E-state index contributed by atoms with van der Waals surface area (Å²) in [7, 11) is 0. The molecule has 2 rings (SSSR count). The molecular weight excluding hydrogens is 241 g/mol. The van der Waals surface area contributed by atoms with E-state index in [9.17, 15) is 13.2 Å². The molecule has 0 aliphatic heterocycles. The van der Waals surface area contributed by atoms with Crippen LogP contribution in [0.15, 0.2) is 18.3 Å². The summed E-state index contributed by atoms with van der Waals surface area (Å²) in [4.78, 5) is 3.72. The minimum atomic E-state index is -4.33. The van der Waals surface area contributed by atoms with Gasteiger partial charge in [0, 0.05) is 17.6 Å². The molecule has 16 heavy (non-hydrogen) atoms. The standard InChI is InChI=1S/C10H10ClF3N2/c11-7-3-8(4-7)16-9-2-1-6(5-15-9)10(12,13)14/h1-2,5,7-8H,3-4H2,(H,15,16). The first kappa shape index (κ1) is 11.5. The largest absolute Gasteiger partial charge is 0.417 e. The number of hydrogen-bond donors (Lipinski definition) is 1. The lowest BCUT2D eigenvalue weighted by Gasteiger charge is -2.31. The molecule has 0 aromatic carbocycles. The van der Waals surface area contributed by atoms with E-state index in [-0.39, 0.29) is 11.4 Å². The van der Waals surface area contributed by atoms with Crippen LogP contribution in [0.5, 0.6) is 0 Å². The Hall–Kier alpha value is -0.970. The number of rotatable bonds is 2. The van der Waals surface area contributed by atoms with E-state index >= 15 is 0 Å². The Bertz CT molecular complexity index is 357. The molecule has 1 N–H and O–H groups in total. The first-order valence-corrected chi connectivity index (χ1v) is 5.32. The predicted octanol–water partition coefficient (Wildman–Crippen LogP) is 3.28. The molecule has 1 aromatic heterocycles. The highest BCUT2D eigenvalue weighted by Gasteiger charge is 2.31. The average Bonchev–Trinajstić information content (AvgIpc) is 2.15. The smallest absolute Gasteiger partial charge is 0.367 e. The molecule has 1 aromatic rings. The molecule has 1 fully saturated rings. The van der Waals surface area contributed by atoms with Gasteiger partial charge in [-0.05, 0) is 25.0 Å². The summed E-state index contributed by atoms with van der Waals surface area (Å²) in [6.45, 7) is 0. The first-order chi connectivity index (χ1) is 7.45. The van der Waals surface area contributed by atoms with Gasteiger partial charge in [-0.25, -0.2) is 4.98 Å². The van der Waals surface area contributed by atoms with Gasteiger partial charge >= 0.3 is 6.18 Å². The highest BCUT2D eigenvalue weighted by Crippen LogP contribution is 2.30. The second kappa shape index (κ2) is 4.13. The van der Waals surface area contributed by atoms with Gasteiger partial charge in [-0.3, -0.25) is 0 Å². The molecule has 1 aliphatic rings. The summed E-state index contributed by atoms with van der Waals surface area (Å²) >= 11 is 5.79. The van der Waals surface area contributed by atoms with Crippen molar-refractivity contribution in [2.45, 2.75) is 30.4 Å². The van der Waals surface area contributed by atoms with Crippen LogP contribution in [0.3, 0.4) is 0 Å². The molecule has 1 heterocycles. The highest BCUT2D eigenvalue weighted by molar-refractivity contribution is 6.21. The molecule has 88 valence electrons. The normalized spacial score (nSPS) is 25.0. The average molecular weight is 251 g/mol. The molecule has 2 nitrogen and oxygen atoms in total. The van der Waals surface area contributed by atoms with Crippen molar-refractivity contribution in [3.8, 4) is 0 Å². The fraction of sp³-hybridized carbons (Fsp3) is 0.500. The van der Waals surface area contributed by atoms with Crippen LogP contribution in [-0.4, -0.2) is 16.4 Å². The van der Waals surface area contributed by atoms with Gasteiger partial charge in [-0.2, -0.15) is 13.2 Å². The van der Waals surface area contributed by atoms with Crippen LogP contribution < -0.4 is 5.32 Å². The third-order valence-corrected chi connectivity index (χ3v) is 2.88. The van der Waals surface area contributed by atoms with Crippen molar-refractivity contribution >= 4 is 17.4 Å². The van der Waals surface area contributed by atoms with Crippen LogP contribution in [0.4, 0.5) is 19.0 Å². The molecule has 0 atom stereocenters. The summed E-state index contributed by atoms with van der Waals surface area (Å²) in [6.07, 6.45) is -1.85. The molecule has 1 aliphatic carbocycles. The van der Waals surface area contributed by atoms with E-state index in [0.29, 0.717) is 5.82 Å². The van der Waals surface area contributed by atoms with Crippen molar-refractivity contribution in [2.24, 2.45) is 0 Å². The van der Waals surface area contributed by atoms with Gasteiger partial charge in [-0.15, -0.1) is 11.6 Å². The molecule has 0 amide bonds. The minimum Gasteiger partial charge on any atom is -0.367 e. The van der Waals surface area contributed by atoms with Gasteiger partial charge in [-0.1, -0.05) is 0 Å². The van der Waals surface area contributed by atoms with Crippen LogP contribution in [0.1, 0.15) is 18.4 Å². The zero-order valence-corrected chi connectivity index (χ0v) is 9.02. The van der Waals surface area contributed by atoms with Crippen LogP contribution in [0.25, 0.3) is 0 Å². The Morgan fingerprint density at radius 1 is 1.31 bits per heavy atom. The summed E-state index contributed by atoms with van der Waals surface area (Å²) in [5.74, 6) is 0.460. The molecule has 0 unspecified atom stereocenters. The lowest BCUT2D eigenvalue weighted by molar-refractivity contribution is -0.137. The molecule has 0 radical (unpaired) electrons. The fourth-order valence-corrected chi connectivity index (χ4v) is 1.95. The summed E-state index contributed by atoms with van der Waals surface area (Å²) in [5.41, 5.74) is -0.734. The summed E-state index contributed by atoms with van der Waals surface area (Å²) < 4.78 is 36.7. The Morgan fingerprint density at radius 2 is 2.00 bits per heavy atom. The third kappa shape index (κ3) is 2.58. The number of nitrogens with one attached hydrogen (secondary N) is 1. The SMILES string of the molecule is FC(F)(F)c1ccc(NC2CC(Cl)C2)nc1. The maximum absolute atomic E-state index is 12.2. The van der Waals surface area contributed by atoms with Crippen LogP contribution in [-0.2, 0) is 6.18 Å². The lowest BCUT2D eigenvalue weighted by atomic mass is 9.92. The van der Waals surface area contributed by atoms with E-state index in [0.717, 1.165) is 25.1 Å². The van der Waals surface area contributed by atoms with E-state index in [1.807, 2.05) is 0 Å². The lowest BCUT2D eigenvalue weighted by Crippen LogP contribution is -2.36. The number of anilines is 1. The van der Waals surface area contributed by atoms with E-state index in [2.05, 4.69) is 10.3 Å². The Morgan fingerprint density at radius 3 is 2.44 bits per heavy atom. The van der Waals surface area contributed by atoms with Crippen molar-refractivity contribution in [3.63, 3.8) is 0 Å². The highest BCUT2D eigenvalue weighted by atomic mass is 35.5. The first-order valence-electron chi connectivity index (χ1n) is 4.89. The van der Waals surface area contributed by atoms with Gasteiger partial charge in [0.2, 0.25) is 0 Å². The minimum absolute atomic E-state index is 0.173. The van der Waals surface area contributed by atoms with Crippen LogP contribution in [0.2, 0.25) is 0 Å². The van der Waals surface area contributed by atoms with E-state index in [4.69, 9.17) is 11.6 Å². The van der Waals surface area contributed by atoms with Crippen molar-refractivity contribution in [3.05, 3.63) is 23.9 Å². The molecule has 0 saturated heterocycles. The van der Waals surface area contributed by atoms with Crippen LogP contribution >= 0.6 is 11.6 Å².